The first-order chi connectivity index (χ1) is 9.67. The summed E-state index contributed by atoms with van der Waals surface area (Å²) in [6.45, 7) is 0.0319. The van der Waals surface area contributed by atoms with Crippen molar-refractivity contribution >= 4 is 7.60 Å². The molecule has 0 aliphatic carbocycles. The Labute approximate surface area is 147 Å². The number of aliphatic hydroxyl groups excluding tert-OH is 2. The van der Waals surface area contributed by atoms with Gasteiger partial charge >= 0.3 is 42.8 Å². The minimum Gasteiger partial charge on any atom is -0.394 e. The van der Waals surface area contributed by atoms with Gasteiger partial charge in [0, 0.05) is 11.8 Å². The molecule has 12 heteroatoms. The van der Waals surface area contributed by atoms with E-state index in [9.17, 15) is 19.3 Å². The van der Waals surface area contributed by atoms with Crippen molar-refractivity contribution in [1.82, 2.24) is 9.55 Å². The van der Waals surface area contributed by atoms with Crippen LogP contribution in [0.1, 0.15) is 11.8 Å². The SMILES string of the molecule is Cc1cn(C(CO)OC(CO)CP(=O)(O)O)c(=O)[nH]c1=O.[Na+]. The van der Waals surface area contributed by atoms with E-state index in [0.717, 1.165) is 10.8 Å². The van der Waals surface area contributed by atoms with E-state index in [0.29, 0.717) is 0 Å². The van der Waals surface area contributed by atoms with Crippen LogP contribution in [0.5, 0.6) is 0 Å². The van der Waals surface area contributed by atoms with E-state index in [1.807, 2.05) is 4.98 Å². The molecule has 0 radical (unpaired) electrons. The van der Waals surface area contributed by atoms with Crippen LogP contribution in [0, 0.1) is 6.92 Å². The standard InChI is InChI=1S/C10H17N2O8P.Na/c1-6-2-12(10(16)11-9(6)15)8(4-14)20-7(3-13)5-21(17,18)19;/h2,7-8,13-14H,3-5H2,1H3,(H,11,15,16)(H2,17,18,19);/q;+1. The molecular formula is C10H17N2NaO8P+. The quantitative estimate of drug-likeness (QED) is 0.242. The van der Waals surface area contributed by atoms with Gasteiger partial charge in [-0.05, 0) is 6.92 Å². The molecule has 0 aliphatic rings. The van der Waals surface area contributed by atoms with Gasteiger partial charge in [-0.25, -0.2) is 4.79 Å². The summed E-state index contributed by atoms with van der Waals surface area (Å²) in [6, 6.07) is 0. The van der Waals surface area contributed by atoms with Crippen molar-refractivity contribution < 1.29 is 58.9 Å². The van der Waals surface area contributed by atoms with Crippen LogP contribution in [0.4, 0.5) is 0 Å². The normalized spacial score (nSPS) is 14.2. The molecule has 0 amide bonds. The van der Waals surface area contributed by atoms with Crippen LogP contribution in [0.3, 0.4) is 0 Å². The van der Waals surface area contributed by atoms with Crippen molar-refractivity contribution in [3.63, 3.8) is 0 Å². The van der Waals surface area contributed by atoms with Crippen molar-refractivity contribution in [2.45, 2.75) is 19.3 Å². The van der Waals surface area contributed by atoms with Gasteiger partial charge in [0.15, 0.2) is 6.23 Å². The number of hydrogen-bond acceptors (Lipinski definition) is 6. The Morgan fingerprint density at radius 1 is 1.32 bits per heavy atom. The maximum absolute atomic E-state index is 11.6. The van der Waals surface area contributed by atoms with E-state index >= 15 is 0 Å². The zero-order chi connectivity index (χ0) is 16.2. The summed E-state index contributed by atoms with van der Waals surface area (Å²) < 4.78 is 16.9. The number of aryl methyl sites for hydroxylation is 1. The largest absolute Gasteiger partial charge is 1.00 e. The van der Waals surface area contributed by atoms with E-state index in [2.05, 4.69) is 0 Å². The molecule has 1 heterocycles. The van der Waals surface area contributed by atoms with Gasteiger partial charge in [0.2, 0.25) is 0 Å². The van der Waals surface area contributed by atoms with Crippen LogP contribution in [0.2, 0.25) is 0 Å². The van der Waals surface area contributed by atoms with Crippen molar-refractivity contribution in [3.8, 4) is 0 Å². The van der Waals surface area contributed by atoms with Crippen molar-refractivity contribution in [2.75, 3.05) is 19.4 Å². The Hall–Kier alpha value is -0.290. The molecule has 0 saturated carbocycles. The molecule has 0 fully saturated rings. The second-order valence-corrected chi connectivity index (χ2v) is 6.10. The summed E-state index contributed by atoms with van der Waals surface area (Å²) >= 11 is 0. The van der Waals surface area contributed by atoms with Gasteiger partial charge in [-0.15, -0.1) is 0 Å². The van der Waals surface area contributed by atoms with Crippen LogP contribution in [0.15, 0.2) is 15.8 Å². The van der Waals surface area contributed by atoms with Gasteiger partial charge in [0.25, 0.3) is 5.56 Å². The van der Waals surface area contributed by atoms with Gasteiger partial charge in [-0.2, -0.15) is 0 Å². The average molecular weight is 347 g/mol. The molecule has 22 heavy (non-hydrogen) atoms. The number of nitrogens with one attached hydrogen (secondary N) is 1. The molecule has 1 aromatic heterocycles. The fourth-order valence-corrected chi connectivity index (χ4v) is 2.36. The van der Waals surface area contributed by atoms with Gasteiger partial charge < -0.3 is 24.7 Å². The van der Waals surface area contributed by atoms with Gasteiger partial charge in [0.05, 0.1) is 25.5 Å². The first kappa shape index (κ1) is 21.7. The maximum atomic E-state index is 11.6. The number of aromatic nitrogens is 2. The molecule has 0 saturated heterocycles. The summed E-state index contributed by atoms with van der Waals surface area (Å²) in [6.07, 6.45) is -2.19. The Kier molecular flexibility index (Phi) is 8.99. The fraction of sp³-hybridized carbons (Fsp3) is 0.600. The van der Waals surface area contributed by atoms with E-state index in [1.54, 1.807) is 0 Å². The third-order valence-corrected chi connectivity index (χ3v) is 3.49. The van der Waals surface area contributed by atoms with Gasteiger partial charge in [-0.3, -0.25) is 18.9 Å². The molecule has 2 atom stereocenters. The molecule has 120 valence electrons. The topological polar surface area (TPSA) is 162 Å². The summed E-state index contributed by atoms with van der Waals surface area (Å²) in [5, 5.41) is 18.3. The predicted molar refractivity (Wildman–Crippen MR) is 71.1 cm³/mol. The zero-order valence-corrected chi connectivity index (χ0v) is 15.1. The number of H-pyrrole nitrogens is 1. The number of aromatic amines is 1. The Morgan fingerprint density at radius 2 is 1.91 bits per heavy atom. The number of aliphatic hydroxyl groups is 2. The van der Waals surface area contributed by atoms with E-state index in [4.69, 9.17) is 19.6 Å². The second-order valence-electron chi connectivity index (χ2n) is 4.40. The number of ether oxygens (including phenoxy) is 1. The minimum absolute atomic E-state index is 0. The smallest absolute Gasteiger partial charge is 0.394 e. The maximum Gasteiger partial charge on any atom is 1.00 e. The van der Waals surface area contributed by atoms with E-state index in [-0.39, 0.29) is 35.1 Å². The molecule has 0 spiro atoms. The molecule has 0 aliphatic heterocycles. The molecule has 0 bridgehead atoms. The van der Waals surface area contributed by atoms with Crippen LogP contribution in [-0.4, -0.2) is 55.0 Å². The van der Waals surface area contributed by atoms with Crippen molar-refractivity contribution in [1.29, 1.82) is 0 Å². The summed E-state index contributed by atoms with van der Waals surface area (Å²) in [4.78, 5) is 42.6. The number of rotatable bonds is 7. The van der Waals surface area contributed by atoms with Crippen molar-refractivity contribution in [3.05, 3.63) is 32.6 Å². The monoisotopic (exact) mass is 347 g/mol. The molecular weight excluding hydrogens is 330 g/mol. The van der Waals surface area contributed by atoms with E-state index < -0.39 is 50.6 Å². The van der Waals surface area contributed by atoms with Gasteiger partial charge in [0.1, 0.15) is 0 Å². The molecule has 0 aromatic carbocycles. The number of nitrogens with zero attached hydrogens (tertiary/aromatic N) is 1. The molecule has 1 aromatic rings. The Bertz CT molecular complexity index is 639. The van der Waals surface area contributed by atoms with Crippen LogP contribution in [-0.2, 0) is 9.30 Å². The first-order valence-electron chi connectivity index (χ1n) is 5.91. The number of hydrogen-bond donors (Lipinski definition) is 5. The van der Waals surface area contributed by atoms with Crippen molar-refractivity contribution in [2.24, 2.45) is 0 Å². The third-order valence-electron chi connectivity index (χ3n) is 2.61. The molecule has 1 rings (SSSR count). The predicted octanol–water partition coefficient (Wildman–Crippen LogP) is -5.10. The molecule has 10 nitrogen and oxygen atoms in total. The summed E-state index contributed by atoms with van der Waals surface area (Å²) in [5.41, 5.74) is -1.26. The summed E-state index contributed by atoms with van der Waals surface area (Å²) in [7, 11) is -4.44. The minimum atomic E-state index is -4.44. The fourth-order valence-electron chi connectivity index (χ4n) is 1.63. The zero-order valence-electron chi connectivity index (χ0n) is 12.2. The molecule has 5 N–H and O–H groups in total. The molecule has 2 unspecified atom stereocenters. The first-order valence-corrected chi connectivity index (χ1v) is 7.71. The Morgan fingerprint density at radius 3 is 2.36 bits per heavy atom. The van der Waals surface area contributed by atoms with Crippen LogP contribution < -0.4 is 40.8 Å². The Balaban J connectivity index is 0.00000441. The average Bonchev–Trinajstić information content (AvgIpc) is 2.37. The van der Waals surface area contributed by atoms with Crippen LogP contribution >= 0.6 is 7.60 Å². The van der Waals surface area contributed by atoms with Crippen LogP contribution in [0.25, 0.3) is 0 Å². The van der Waals surface area contributed by atoms with E-state index in [1.165, 1.54) is 6.92 Å². The third kappa shape index (κ3) is 6.45. The van der Waals surface area contributed by atoms with Gasteiger partial charge in [-0.1, -0.05) is 0 Å². The summed E-state index contributed by atoms with van der Waals surface area (Å²) in [5.74, 6) is 0. The second kappa shape index (κ2) is 9.11.